The molecule has 0 radical (unpaired) electrons. The molecule has 0 amide bonds. The third kappa shape index (κ3) is 4.33. The maximum absolute atomic E-state index is 6.01. The lowest BCUT2D eigenvalue weighted by molar-refractivity contribution is 0.308. The van der Waals surface area contributed by atoms with Gasteiger partial charge in [-0.15, -0.1) is 0 Å². The highest BCUT2D eigenvalue weighted by Gasteiger charge is 2.11. The number of ether oxygens (including phenoxy) is 2. The summed E-state index contributed by atoms with van der Waals surface area (Å²) < 4.78 is 12.0. The molecule has 0 aromatic heterocycles. The number of hydrogen-bond acceptors (Lipinski definition) is 3. The number of methoxy groups -OCH3 is 1. The molecule has 22 heavy (non-hydrogen) atoms. The lowest BCUT2D eigenvalue weighted by Gasteiger charge is -2.14. The minimum absolute atomic E-state index is 0.533. The molecule has 0 fully saturated rings. The van der Waals surface area contributed by atoms with Crippen molar-refractivity contribution in [2.75, 3.05) is 19.0 Å². The van der Waals surface area contributed by atoms with Crippen molar-refractivity contribution in [2.24, 2.45) is 0 Å². The van der Waals surface area contributed by atoms with E-state index >= 15 is 0 Å². The number of anilines is 1. The first-order valence-electron chi connectivity index (χ1n) is 6.73. The molecule has 0 spiro atoms. The summed E-state index contributed by atoms with van der Waals surface area (Å²) >= 11 is 14.2. The Morgan fingerprint density at radius 1 is 1.14 bits per heavy atom. The quantitative estimate of drug-likeness (QED) is 0.578. The first-order valence-corrected chi connectivity index (χ1v) is 8.56. The second-order valence-corrected chi connectivity index (χ2v) is 6.50. The van der Waals surface area contributed by atoms with Gasteiger partial charge >= 0.3 is 0 Å². The van der Waals surface area contributed by atoms with E-state index in [2.05, 4.69) is 34.0 Å². The van der Waals surface area contributed by atoms with E-state index in [1.165, 1.54) is 0 Å². The van der Waals surface area contributed by atoms with Crippen LogP contribution in [0.5, 0.6) is 11.5 Å². The first kappa shape index (κ1) is 17.5. The zero-order chi connectivity index (χ0) is 16.1. The van der Waals surface area contributed by atoms with Crippen LogP contribution in [-0.4, -0.2) is 13.7 Å². The maximum Gasteiger partial charge on any atom is 0.174 e. The second kappa shape index (κ2) is 8.13. The van der Waals surface area contributed by atoms with Gasteiger partial charge in [-0.2, -0.15) is 0 Å². The fourth-order valence-corrected chi connectivity index (χ4v) is 3.09. The van der Waals surface area contributed by atoms with Crippen LogP contribution in [-0.2, 0) is 6.54 Å². The van der Waals surface area contributed by atoms with Crippen LogP contribution in [0.2, 0.25) is 10.0 Å². The van der Waals surface area contributed by atoms with Crippen LogP contribution in [0.3, 0.4) is 0 Å². The van der Waals surface area contributed by atoms with E-state index in [4.69, 9.17) is 32.7 Å². The zero-order valence-electron chi connectivity index (χ0n) is 12.3. The van der Waals surface area contributed by atoms with Gasteiger partial charge in [0.15, 0.2) is 11.5 Å². The average Bonchev–Trinajstić information content (AvgIpc) is 2.50. The normalized spacial score (nSPS) is 10.4. The predicted molar refractivity (Wildman–Crippen MR) is 101 cm³/mol. The highest BCUT2D eigenvalue weighted by molar-refractivity contribution is 14.1. The number of hydrogen-bond donors (Lipinski definition) is 1. The monoisotopic (exact) mass is 451 g/mol. The van der Waals surface area contributed by atoms with E-state index in [1.54, 1.807) is 19.2 Å². The Morgan fingerprint density at radius 3 is 2.55 bits per heavy atom. The smallest absolute Gasteiger partial charge is 0.174 e. The molecular formula is C16H16Cl2INO2. The summed E-state index contributed by atoms with van der Waals surface area (Å²) in [4.78, 5) is 0. The largest absolute Gasteiger partial charge is 0.493 e. The summed E-state index contributed by atoms with van der Waals surface area (Å²) in [6, 6.07) is 9.51. The van der Waals surface area contributed by atoms with Crippen molar-refractivity contribution in [3.63, 3.8) is 0 Å². The van der Waals surface area contributed by atoms with Gasteiger partial charge in [0.1, 0.15) is 0 Å². The Bertz CT molecular complexity index is 665. The lowest BCUT2D eigenvalue weighted by atomic mass is 10.2. The van der Waals surface area contributed by atoms with E-state index in [0.29, 0.717) is 23.2 Å². The van der Waals surface area contributed by atoms with Crippen molar-refractivity contribution < 1.29 is 9.47 Å². The van der Waals surface area contributed by atoms with Crippen molar-refractivity contribution in [3.8, 4) is 11.5 Å². The summed E-state index contributed by atoms with van der Waals surface area (Å²) in [5.41, 5.74) is 2.01. The van der Waals surface area contributed by atoms with Crippen molar-refractivity contribution in [1.29, 1.82) is 0 Å². The Labute approximate surface area is 154 Å². The molecule has 0 saturated heterocycles. The molecule has 6 heteroatoms. The van der Waals surface area contributed by atoms with Gasteiger partial charge < -0.3 is 14.8 Å². The summed E-state index contributed by atoms with van der Waals surface area (Å²) in [7, 11) is 1.64. The fraction of sp³-hybridized carbons (Fsp3) is 0.250. The van der Waals surface area contributed by atoms with Crippen LogP contribution >= 0.6 is 45.8 Å². The van der Waals surface area contributed by atoms with Gasteiger partial charge in [-0.3, -0.25) is 0 Å². The highest BCUT2D eigenvalue weighted by Crippen LogP contribution is 2.34. The third-order valence-corrected chi connectivity index (χ3v) is 4.53. The maximum atomic E-state index is 6.01. The molecular weight excluding hydrogens is 436 g/mol. The molecule has 0 atom stereocenters. The zero-order valence-corrected chi connectivity index (χ0v) is 15.9. The van der Waals surface area contributed by atoms with E-state index in [-0.39, 0.29) is 0 Å². The molecule has 3 nitrogen and oxygen atoms in total. The van der Waals surface area contributed by atoms with Crippen LogP contribution in [0.4, 0.5) is 5.69 Å². The summed E-state index contributed by atoms with van der Waals surface area (Å²) in [5, 5.41) is 4.39. The molecule has 118 valence electrons. The standard InChI is InChI=1S/C16H16Cl2INO2/c1-3-22-16-14(19)6-10(7-15(16)21-2)9-20-11-4-5-12(17)13(18)8-11/h4-8,20H,3,9H2,1-2H3. The number of benzene rings is 2. The fourth-order valence-electron chi connectivity index (χ4n) is 1.97. The van der Waals surface area contributed by atoms with Gasteiger partial charge in [0.25, 0.3) is 0 Å². The van der Waals surface area contributed by atoms with Gasteiger partial charge in [-0.25, -0.2) is 0 Å². The molecule has 0 heterocycles. The molecule has 0 aliphatic rings. The van der Waals surface area contributed by atoms with Crippen LogP contribution in [0.25, 0.3) is 0 Å². The van der Waals surface area contributed by atoms with E-state index in [1.807, 2.05) is 19.1 Å². The molecule has 0 unspecified atom stereocenters. The van der Waals surface area contributed by atoms with Gasteiger partial charge in [0.05, 0.1) is 27.3 Å². The Hall–Kier alpha value is -0.850. The minimum Gasteiger partial charge on any atom is -0.493 e. The summed E-state index contributed by atoms with van der Waals surface area (Å²) in [6.45, 7) is 3.21. The Balaban J connectivity index is 2.15. The van der Waals surface area contributed by atoms with Gasteiger partial charge in [0, 0.05) is 12.2 Å². The molecule has 2 aromatic rings. The van der Waals surface area contributed by atoms with Crippen LogP contribution < -0.4 is 14.8 Å². The SMILES string of the molecule is CCOc1c(I)cc(CNc2ccc(Cl)c(Cl)c2)cc1OC. The van der Waals surface area contributed by atoms with Crippen LogP contribution in [0, 0.1) is 3.57 Å². The molecule has 0 bridgehead atoms. The average molecular weight is 452 g/mol. The van der Waals surface area contributed by atoms with E-state index < -0.39 is 0 Å². The topological polar surface area (TPSA) is 30.5 Å². The molecule has 0 aliphatic carbocycles. The molecule has 0 saturated carbocycles. The van der Waals surface area contributed by atoms with E-state index in [0.717, 1.165) is 26.3 Å². The number of rotatable bonds is 6. The first-order chi connectivity index (χ1) is 10.5. The minimum atomic E-state index is 0.533. The summed E-state index contributed by atoms with van der Waals surface area (Å²) in [6.07, 6.45) is 0. The highest BCUT2D eigenvalue weighted by atomic mass is 127. The third-order valence-electron chi connectivity index (χ3n) is 2.99. The summed E-state index contributed by atoms with van der Waals surface area (Å²) in [5.74, 6) is 1.52. The van der Waals surface area contributed by atoms with Gasteiger partial charge in [-0.05, 0) is 65.4 Å². The predicted octanol–water partition coefficient (Wildman–Crippen LogP) is 5.62. The van der Waals surface area contributed by atoms with Gasteiger partial charge in [-0.1, -0.05) is 23.2 Å². The van der Waals surface area contributed by atoms with Crippen LogP contribution in [0.15, 0.2) is 30.3 Å². The van der Waals surface area contributed by atoms with Crippen molar-refractivity contribution in [2.45, 2.75) is 13.5 Å². The van der Waals surface area contributed by atoms with E-state index in [9.17, 15) is 0 Å². The van der Waals surface area contributed by atoms with Gasteiger partial charge in [0.2, 0.25) is 0 Å². The molecule has 0 aliphatic heterocycles. The molecule has 1 N–H and O–H groups in total. The van der Waals surface area contributed by atoms with Crippen molar-refractivity contribution in [1.82, 2.24) is 0 Å². The van der Waals surface area contributed by atoms with Crippen molar-refractivity contribution >= 4 is 51.5 Å². The van der Waals surface area contributed by atoms with Crippen LogP contribution in [0.1, 0.15) is 12.5 Å². The number of nitrogens with one attached hydrogen (secondary N) is 1. The Kier molecular flexibility index (Phi) is 6.47. The second-order valence-electron chi connectivity index (χ2n) is 4.52. The number of halogens is 3. The Morgan fingerprint density at radius 2 is 1.91 bits per heavy atom. The van der Waals surface area contributed by atoms with Crippen molar-refractivity contribution in [3.05, 3.63) is 49.5 Å². The molecule has 2 aromatic carbocycles. The molecule has 2 rings (SSSR count). The lowest BCUT2D eigenvalue weighted by Crippen LogP contribution is -2.03.